The van der Waals surface area contributed by atoms with E-state index in [9.17, 15) is 0 Å². The third-order valence-corrected chi connectivity index (χ3v) is 9.91. The molecular weight excluding hydrogens is 244 g/mol. The fourth-order valence-corrected chi connectivity index (χ4v) is 3.62. The van der Waals surface area contributed by atoms with Gasteiger partial charge in [-0.05, 0) is 49.1 Å². The number of hydrogen-bond acceptors (Lipinski definition) is 1. The highest BCUT2D eigenvalue weighted by Gasteiger charge is 2.19. The molecule has 0 amide bonds. The highest BCUT2D eigenvalue weighted by molar-refractivity contribution is 7.58. The van der Waals surface area contributed by atoms with Crippen LogP contribution in [0.2, 0.25) is 0 Å². The highest BCUT2D eigenvalue weighted by Crippen LogP contribution is 2.46. The molecule has 0 spiro atoms. The zero-order chi connectivity index (χ0) is 13.7. The van der Waals surface area contributed by atoms with Gasteiger partial charge < -0.3 is 5.32 Å². The Hall–Kier alpha value is 0.820. The fourth-order valence-electron chi connectivity index (χ4n) is 1.29. The fraction of sp³-hybridized carbons (Fsp3) is 1.00. The Balaban J connectivity index is 3.61. The summed E-state index contributed by atoms with van der Waals surface area (Å²) in [6.07, 6.45) is 2.71. The molecule has 1 N–H and O–H groups in total. The Morgan fingerprint density at radius 3 is 1.24 bits per heavy atom. The lowest BCUT2D eigenvalue weighted by molar-refractivity contribution is 0.736. The molecule has 17 heavy (non-hydrogen) atoms. The van der Waals surface area contributed by atoms with E-state index >= 15 is 0 Å². The van der Waals surface area contributed by atoms with E-state index < -0.39 is 0 Å². The molecule has 0 fully saturated rings. The summed E-state index contributed by atoms with van der Waals surface area (Å²) in [6.45, 7) is 21.4. The second-order valence-corrected chi connectivity index (χ2v) is 13.3. The zero-order valence-corrected chi connectivity index (χ0v) is 15.0. The predicted molar refractivity (Wildman–Crippen MR) is 87.8 cm³/mol. The summed E-state index contributed by atoms with van der Waals surface area (Å²) in [4.78, 5) is 0. The number of hydrogen-bond donors (Lipinski definition) is 1. The molecule has 3 heteroatoms. The molecule has 0 saturated carbocycles. The smallest absolute Gasteiger partial charge is 0.000926 e. The second-order valence-electron chi connectivity index (χ2n) is 6.93. The molecule has 104 valence electrons. The molecular formula is C14H33NP2. The average molecular weight is 277 g/mol. The van der Waals surface area contributed by atoms with E-state index in [0.717, 1.165) is 0 Å². The van der Waals surface area contributed by atoms with Crippen LogP contribution in [0.4, 0.5) is 0 Å². The SMILES string of the molecule is CP(CCNCCP(C)C(C)(C)C)C(C)(C)C. The van der Waals surface area contributed by atoms with Crippen molar-refractivity contribution in [1.82, 2.24) is 5.32 Å². The lowest BCUT2D eigenvalue weighted by Crippen LogP contribution is -2.25. The molecule has 2 unspecified atom stereocenters. The van der Waals surface area contributed by atoms with Gasteiger partial charge in [-0.2, -0.15) is 0 Å². The molecule has 2 atom stereocenters. The standard InChI is InChI=1S/C14H33NP2/c1-13(2,3)16(7)11-9-15-10-12-17(8)14(4,5)6/h15H,9-12H2,1-8H3. The number of nitrogens with one attached hydrogen (secondary N) is 1. The van der Waals surface area contributed by atoms with Gasteiger partial charge in [0.05, 0.1) is 0 Å². The quantitative estimate of drug-likeness (QED) is 0.560. The van der Waals surface area contributed by atoms with E-state index in [4.69, 9.17) is 0 Å². The molecule has 0 aromatic rings. The summed E-state index contributed by atoms with van der Waals surface area (Å²) in [6, 6.07) is 0. The van der Waals surface area contributed by atoms with E-state index in [1.54, 1.807) is 0 Å². The lowest BCUT2D eigenvalue weighted by atomic mass is 10.3. The molecule has 0 heterocycles. The van der Waals surface area contributed by atoms with Gasteiger partial charge >= 0.3 is 0 Å². The number of rotatable bonds is 6. The molecule has 0 radical (unpaired) electrons. The Morgan fingerprint density at radius 2 is 1.00 bits per heavy atom. The molecule has 0 aromatic carbocycles. The van der Waals surface area contributed by atoms with Gasteiger partial charge in [-0.3, -0.25) is 0 Å². The first-order valence-corrected chi connectivity index (χ1v) is 10.6. The summed E-state index contributed by atoms with van der Waals surface area (Å²) >= 11 is 0. The van der Waals surface area contributed by atoms with Crippen LogP contribution in [-0.2, 0) is 0 Å². The van der Waals surface area contributed by atoms with Crippen LogP contribution in [0.15, 0.2) is 0 Å². The predicted octanol–water partition coefficient (Wildman–Crippen LogP) is 4.40. The van der Waals surface area contributed by atoms with Gasteiger partial charge in [-0.15, -0.1) is 15.8 Å². The highest BCUT2D eigenvalue weighted by atomic mass is 31.1. The normalized spacial score (nSPS) is 16.9. The van der Waals surface area contributed by atoms with Crippen LogP contribution in [0.3, 0.4) is 0 Å². The molecule has 0 aliphatic heterocycles. The van der Waals surface area contributed by atoms with Gasteiger partial charge in [0, 0.05) is 0 Å². The summed E-state index contributed by atoms with van der Waals surface area (Å²) in [7, 11) is 0.333. The minimum atomic E-state index is 0.167. The van der Waals surface area contributed by atoms with Gasteiger partial charge in [0.1, 0.15) is 0 Å². The van der Waals surface area contributed by atoms with Crippen molar-refractivity contribution in [3.8, 4) is 0 Å². The van der Waals surface area contributed by atoms with Crippen LogP contribution in [0.25, 0.3) is 0 Å². The Bertz CT molecular complexity index is 181. The maximum Gasteiger partial charge on any atom is -0.000926 e. The average Bonchev–Trinajstić information content (AvgIpc) is 2.13. The van der Waals surface area contributed by atoms with Crippen LogP contribution in [0, 0.1) is 0 Å². The minimum Gasteiger partial charge on any atom is -0.316 e. The van der Waals surface area contributed by atoms with Crippen molar-refractivity contribution in [2.75, 3.05) is 38.7 Å². The second kappa shape index (κ2) is 7.42. The van der Waals surface area contributed by atoms with Gasteiger partial charge in [0.2, 0.25) is 0 Å². The minimum absolute atomic E-state index is 0.167. The van der Waals surface area contributed by atoms with Crippen LogP contribution in [0.5, 0.6) is 0 Å². The molecule has 1 nitrogen and oxygen atoms in total. The topological polar surface area (TPSA) is 12.0 Å². The van der Waals surface area contributed by atoms with Crippen LogP contribution in [0.1, 0.15) is 41.5 Å². The van der Waals surface area contributed by atoms with Crippen molar-refractivity contribution in [1.29, 1.82) is 0 Å². The van der Waals surface area contributed by atoms with Crippen molar-refractivity contribution in [3.63, 3.8) is 0 Å². The maximum atomic E-state index is 3.62. The van der Waals surface area contributed by atoms with Crippen LogP contribution in [-0.4, -0.2) is 49.1 Å². The third-order valence-electron chi connectivity index (χ3n) is 3.54. The monoisotopic (exact) mass is 277 g/mol. The van der Waals surface area contributed by atoms with Crippen molar-refractivity contribution in [3.05, 3.63) is 0 Å². The first kappa shape index (κ1) is 17.8. The first-order valence-electron chi connectivity index (χ1n) is 6.68. The largest absolute Gasteiger partial charge is 0.316 e. The van der Waals surface area contributed by atoms with Gasteiger partial charge in [0.15, 0.2) is 0 Å². The van der Waals surface area contributed by atoms with Gasteiger partial charge in [0.25, 0.3) is 0 Å². The first-order chi connectivity index (χ1) is 7.55. The molecule has 0 rings (SSSR count). The van der Waals surface area contributed by atoms with E-state index in [1.807, 2.05) is 0 Å². The van der Waals surface area contributed by atoms with Crippen molar-refractivity contribution in [2.45, 2.75) is 51.9 Å². The van der Waals surface area contributed by atoms with Gasteiger partial charge in [-0.1, -0.05) is 41.5 Å². The van der Waals surface area contributed by atoms with Crippen LogP contribution >= 0.6 is 15.8 Å². The van der Waals surface area contributed by atoms with Crippen molar-refractivity contribution < 1.29 is 0 Å². The van der Waals surface area contributed by atoms with Crippen molar-refractivity contribution in [2.24, 2.45) is 0 Å². The third kappa shape index (κ3) is 8.52. The lowest BCUT2D eigenvalue weighted by Gasteiger charge is -2.29. The van der Waals surface area contributed by atoms with Crippen molar-refractivity contribution >= 4 is 15.8 Å². The summed E-state index contributed by atoms with van der Waals surface area (Å²) in [5.74, 6) is 0. The zero-order valence-electron chi connectivity index (χ0n) is 13.2. The van der Waals surface area contributed by atoms with E-state index in [1.165, 1.54) is 25.4 Å². The van der Waals surface area contributed by atoms with Gasteiger partial charge in [-0.25, -0.2) is 0 Å². The summed E-state index contributed by atoms with van der Waals surface area (Å²) < 4.78 is 0. The molecule has 0 aliphatic rings. The molecule has 0 saturated heterocycles. The molecule has 0 bridgehead atoms. The molecule has 0 aliphatic carbocycles. The summed E-state index contributed by atoms with van der Waals surface area (Å²) in [5, 5.41) is 4.65. The van der Waals surface area contributed by atoms with E-state index in [0.29, 0.717) is 10.3 Å². The summed E-state index contributed by atoms with van der Waals surface area (Å²) in [5.41, 5.74) is 0. The van der Waals surface area contributed by atoms with E-state index in [2.05, 4.69) is 60.2 Å². The Morgan fingerprint density at radius 1 is 0.706 bits per heavy atom. The van der Waals surface area contributed by atoms with E-state index in [-0.39, 0.29) is 15.8 Å². The Labute approximate surface area is 112 Å². The Kier molecular flexibility index (Phi) is 7.78. The van der Waals surface area contributed by atoms with Crippen LogP contribution < -0.4 is 5.32 Å². The molecule has 0 aromatic heterocycles. The maximum absolute atomic E-state index is 3.62.